The Kier molecular flexibility index (Phi) is 5.05. The lowest BCUT2D eigenvalue weighted by atomic mass is 9.92. The van der Waals surface area contributed by atoms with Crippen molar-refractivity contribution in [3.05, 3.63) is 33.8 Å². The van der Waals surface area contributed by atoms with Gasteiger partial charge >= 0.3 is 0 Å². The van der Waals surface area contributed by atoms with Crippen LogP contribution in [-0.4, -0.2) is 25.6 Å². The highest BCUT2D eigenvalue weighted by Gasteiger charge is 2.27. The van der Waals surface area contributed by atoms with Gasteiger partial charge in [-0.1, -0.05) is 29.3 Å². The molecule has 0 aromatic heterocycles. The molecule has 1 unspecified atom stereocenters. The second-order valence-corrected chi connectivity index (χ2v) is 5.41. The summed E-state index contributed by atoms with van der Waals surface area (Å²) in [6.45, 7) is 2.03. The van der Waals surface area contributed by atoms with Crippen molar-refractivity contribution < 1.29 is 9.53 Å². The Morgan fingerprint density at radius 1 is 1.42 bits per heavy atom. The summed E-state index contributed by atoms with van der Waals surface area (Å²) in [5, 5.41) is 4.22. The van der Waals surface area contributed by atoms with Gasteiger partial charge in [-0.15, -0.1) is 0 Å². The van der Waals surface area contributed by atoms with Gasteiger partial charge in [0.15, 0.2) is 0 Å². The molecule has 1 fully saturated rings. The van der Waals surface area contributed by atoms with Gasteiger partial charge in [-0.25, -0.2) is 0 Å². The topological polar surface area (TPSA) is 64.4 Å². The Bertz CT molecular complexity index is 468. The summed E-state index contributed by atoms with van der Waals surface area (Å²) < 4.78 is 5.83. The number of benzene rings is 1. The van der Waals surface area contributed by atoms with Crippen LogP contribution in [0, 0.1) is 5.92 Å². The van der Waals surface area contributed by atoms with Crippen molar-refractivity contribution in [2.75, 3.05) is 19.7 Å². The number of nitrogens with two attached hydrogens (primary N) is 1. The highest BCUT2D eigenvalue weighted by molar-refractivity contribution is 6.42. The molecule has 6 heteroatoms. The first kappa shape index (κ1) is 14.6. The van der Waals surface area contributed by atoms with Crippen LogP contribution in [0.5, 0.6) is 0 Å². The van der Waals surface area contributed by atoms with Crippen molar-refractivity contribution in [2.45, 2.75) is 12.5 Å². The first-order valence-electron chi connectivity index (χ1n) is 6.13. The molecule has 1 aliphatic heterocycles. The van der Waals surface area contributed by atoms with Crippen LogP contribution in [0.15, 0.2) is 18.2 Å². The molecule has 0 saturated carbocycles. The molecule has 19 heavy (non-hydrogen) atoms. The van der Waals surface area contributed by atoms with Gasteiger partial charge in [-0.3, -0.25) is 4.79 Å². The predicted octanol–water partition coefficient (Wildman–Crippen LogP) is 2.15. The SMILES string of the molecule is NC(=O)C[C@H]1CNCCOC1c1ccc(Cl)c(Cl)c1. The van der Waals surface area contributed by atoms with E-state index in [1.165, 1.54) is 0 Å². The number of amides is 1. The zero-order chi connectivity index (χ0) is 13.8. The van der Waals surface area contributed by atoms with Crippen LogP contribution in [-0.2, 0) is 9.53 Å². The highest BCUT2D eigenvalue weighted by atomic mass is 35.5. The first-order chi connectivity index (χ1) is 9.08. The molecule has 104 valence electrons. The van der Waals surface area contributed by atoms with Crippen LogP contribution in [0.25, 0.3) is 0 Å². The van der Waals surface area contributed by atoms with Gasteiger partial charge in [0.2, 0.25) is 5.91 Å². The number of ether oxygens (including phenoxy) is 1. The summed E-state index contributed by atoms with van der Waals surface area (Å²) >= 11 is 11.9. The van der Waals surface area contributed by atoms with E-state index in [-0.39, 0.29) is 24.3 Å². The number of nitrogens with one attached hydrogen (secondary N) is 1. The van der Waals surface area contributed by atoms with Crippen molar-refractivity contribution in [2.24, 2.45) is 11.7 Å². The maximum atomic E-state index is 11.2. The summed E-state index contributed by atoms with van der Waals surface area (Å²) in [4.78, 5) is 11.2. The maximum Gasteiger partial charge on any atom is 0.217 e. The summed E-state index contributed by atoms with van der Waals surface area (Å²) in [5.41, 5.74) is 6.22. The van der Waals surface area contributed by atoms with Gasteiger partial charge in [-0.2, -0.15) is 0 Å². The van der Waals surface area contributed by atoms with E-state index >= 15 is 0 Å². The standard InChI is InChI=1S/C13H16Cl2N2O2/c14-10-2-1-8(5-11(10)15)13-9(6-12(16)18)7-17-3-4-19-13/h1-2,5,9,13,17H,3-4,6-7H2,(H2,16,18)/t9-,13?/m0/s1. The summed E-state index contributed by atoms with van der Waals surface area (Å²) in [6.07, 6.45) is 0.0787. The number of hydrogen-bond acceptors (Lipinski definition) is 3. The van der Waals surface area contributed by atoms with E-state index in [4.69, 9.17) is 33.7 Å². The summed E-state index contributed by atoms with van der Waals surface area (Å²) in [5.74, 6) is -0.334. The molecular weight excluding hydrogens is 287 g/mol. The lowest BCUT2D eigenvalue weighted by Gasteiger charge is -2.24. The van der Waals surface area contributed by atoms with Gasteiger partial charge in [-0.05, 0) is 17.7 Å². The number of carbonyl (C=O) groups is 1. The maximum absolute atomic E-state index is 11.2. The van der Waals surface area contributed by atoms with Crippen LogP contribution >= 0.6 is 23.2 Å². The molecule has 0 radical (unpaired) electrons. The minimum Gasteiger partial charge on any atom is -0.372 e. The summed E-state index contributed by atoms with van der Waals surface area (Å²) in [6, 6.07) is 5.40. The third-order valence-electron chi connectivity index (χ3n) is 3.15. The number of hydrogen-bond donors (Lipinski definition) is 2. The smallest absolute Gasteiger partial charge is 0.217 e. The molecule has 0 bridgehead atoms. The molecule has 0 aliphatic carbocycles. The monoisotopic (exact) mass is 302 g/mol. The second kappa shape index (κ2) is 6.57. The molecule has 1 amide bonds. The largest absolute Gasteiger partial charge is 0.372 e. The van der Waals surface area contributed by atoms with Gasteiger partial charge in [0, 0.05) is 25.4 Å². The Labute approximate surface area is 122 Å². The van der Waals surface area contributed by atoms with E-state index in [1.807, 2.05) is 6.07 Å². The Morgan fingerprint density at radius 2 is 2.21 bits per heavy atom. The van der Waals surface area contributed by atoms with E-state index in [2.05, 4.69) is 5.32 Å². The normalized spacial score (nSPS) is 23.9. The van der Waals surface area contributed by atoms with Crippen molar-refractivity contribution in [1.29, 1.82) is 0 Å². The quantitative estimate of drug-likeness (QED) is 0.899. The minimum atomic E-state index is -0.331. The fourth-order valence-corrected chi connectivity index (χ4v) is 2.59. The molecule has 1 aliphatic rings. The molecule has 0 spiro atoms. The van der Waals surface area contributed by atoms with Crippen LogP contribution in [0.2, 0.25) is 10.0 Å². The average Bonchev–Trinajstić information content (AvgIpc) is 2.57. The lowest BCUT2D eigenvalue weighted by Crippen LogP contribution is -2.28. The first-order valence-corrected chi connectivity index (χ1v) is 6.89. The Balaban J connectivity index is 2.25. The average molecular weight is 303 g/mol. The molecule has 3 N–H and O–H groups in total. The molecule has 2 rings (SSSR count). The molecule has 1 aromatic carbocycles. The van der Waals surface area contributed by atoms with Crippen LogP contribution in [0.1, 0.15) is 18.1 Å². The van der Waals surface area contributed by atoms with E-state index in [0.717, 1.165) is 12.1 Å². The molecule has 4 nitrogen and oxygen atoms in total. The zero-order valence-electron chi connectivity index (χ0n) is 10.4. The van der Waals surface area contributed by atoms with Crippen LogP contribution < -0.4 is 11.1 Å². The molecule has 1 heterocycles. The molecular formula is C13H16Cl2N2O2. The van der Waals surface area contributed by atoms with Crippen LogP contribution in [0.3, 0.4) is 0 Å². The van der Waals surface area contributed by atoms with Gasteiger partial charge in [0.1, 0.15) is 0 Å². The van der Waals surface area contributed by atoms with Crippen LogP contribution in [0.4, 0.5) is 0 Å². The lowest BCUT2D eigenvalue weighted by molar-refractivity contribution is -0.120. The van der Waals surface area contributed by atoms with Crippen molar-refractivity contribution >= 4 is 29.1 Å². The molecule has 2 atom stereocenters. The minimum absolute atomic E-state index is 0.00255. The number of rotatable bonds is 3. The Hall–Kier alpha value is -0.810. The third-order valence-corrected chi connectivity index (χ3v) is 3.89. The fourth-order valence-electron chi connectivity index (χ4n) is 2.28. The highest BCUT2D eigenvalue weighted by Crippen LogP contribution is 2.33. The van der Waals surface area contributed by atoms with E-state index in [0.29, 0.717) is 23.2 Å². The number of halogens is 2. The number of primary amides is 1. The molecule has 1 aromatic rings. The molecule has 1 saturated heterocycles. The second-order valence-electron chi connectivity index (χ2n) is 4.60. The predicted molar refractivity (Wildman–Crippen MR) is 75.3 cm³/mol. The number of carbonyl (C=O) groups excluding carboxylic acids is 1. The van der Waals surface area contributed by atoms with Gasteiger partial charge in [0.25, 0.3) is 0 Å². The van der Waals surface area contributed by atoms with E-state index < -0.39 is 0 Å². The van der Waals surface area contributed by atoms with E-state index in [1.54, 1.807) is 12.1 Å². The fraction of sp³-hybridized carbons (Fsp3) is 0.462. The van der Waals surface area contributed by atoms with Gasteiger partial charge < -0.3 is 15.8 Å². The van der Waals surface area contributed by atoms with Crippen molar-refractivity contribution in [3.8, 4) is 0 Å². The van der Waals surface area contributed by atoms with E-state index in [9.17, 15) is 4.79 Å². The van der Waals surface area contributed by atoms with Crippen molar-refractivity contribution in [3.63, 3.8) is 0 Å². The van der Waals surface area contributed by atoms with Crippen molar-refractivity contribution in [1.82, 2.24) is 5.32 Å². The Morgan fingerprint density at radius 3 is 2.89 bits per heavy atom. The van der Waals surface area contributed by atoms with Gasteiger partial charge in [0.05, 0.1) is 22.8 Å². The zero-order valence-corrected chi connectivity index (χ0v) is 11.9. The summed E-state index contributed by atoms with van der Waals surface area (Å²) in [7, 11) is 0. The third kappa shape index (κ3) is 3.83.